The molecule has 0 N–H and O–H groups in total. The third-order valence-corrected chi connectivity index (χ3v) is 16.2. The third kappa shape index (κ3) is 7.68. The molecule has 11 aromatic carbocycles. The highest BCUT2D eigenvalue weighted by Crippen LogP contribution is 2.51. The van der Waals surface area contributed by atoms with E-state index < -0.39 is 0 Å². The topological polar surface area (TPSA) is 50.1 Å². The smallest absolute Gasteiger partial charge is 0.252 e. The van der Waals surface area contributed by atoms with Crippen LogP contribution in [0, 0.1) is 0 Å². The van der Waals surface area contributed by atoms with Gasteiger partial charge in [0.2, 0.25) is 0 Å². The summed E-state index contributed by atoms with van der Waals surface area (Å²) in [6, 6.07) is 96.6. The number of fused-ring (bicyclic) bond motifs is 7. The van der Waals surface area contributed by atoms with E-state index in [2.05, 4.69) is 266 Å². The molecule has 0 fully saturated rings. The predicted octanol–water partition coefficient (Wildman–Crippen LogP) is 16.7. The van der Waals surface area contributed by atoms with Gasteiger partial charge in [-0.25, -0.2) is 15.0 Å². The molecule has 0 atom stereocenters. The molecule has 2 aliphatic heterocycles. The van der Waals surface area contributed by atoms with E-state index in [0.717, 1.165) is 84.2 Å². The highest BCUT2D eigenvalue weighted by Gasteiger charge is 2.46. The summed E-state index contributed by atoms with van der Waals surface area (Å²) in [5.74, 6) is 1.83. The first-order valence-electron chi connectivity index (χ1n) is 27.6. The van der Waals surface area contributed by atoms with E-state index in [4.69, 9.17) is 15.0 Å². The number of anilines is 6. The van der Waals surface area contributed by atoms with Crippen molar-refractivity contribution in [3.8, 4) is 62.1 Å². The average Bonchev–Trinajstić information content (AvgIpc) is 3.97. The molecule has 2 aliphatic rings. The number of hydrogen-bond donors (Lipinski definition) is 0. The average molecular weight is 1030 g/mol. The maximum Gasteiger partial charge on any atom is 0.252 e. The molecule has 15 rings (SSSR count). The Morgan fingerprint density at radius 3 is 1.34 bits per heavy atom. The van der Waals surface area contributed by atoms with Crippen LogP contribution < -0.4 is 26.2 Å². The molecule has 13 aromatic rings. The maximum atomic E-state index is 5.48. The van der Waals surface area contributed by atoms with Crippen molar-refractivity contribution in [2.45, 2.75) is 26.2 Å². The molecule has 2 aromatic heterocycles. The molecule has 0 spiro atoms. The third-order valence-electron chi connectivity index (χ3n) is 16.2. The fraction of sp³-hybridized carbons (Fsp3) is 0.0548. The van der Waals surface area contributed by atoms with Crippen molar-refractivity contribution < 1.29 is 0 Å². The molecule has 0 saturated carbocycles. The van der Waals surface area contributed by atoms with E-state index >= 15 is 0 Å². The molecule has 0 bridgehead atoms. The van der Waals surface area contributed by atoms with Crippen LogP contribution in [0.2, 0.25) is 0 Å². The van der Waals surface area contributed by atoms with Crippen LogP contribution in [-0.2, 0) is 5.41 Å². The van der Waals surface area contributed by atoms with Gasteiger partial charge in [-0.1, -0.05) is 233 Å². The number of aromatic nitrogens is 4. The molecule has 0 unspecified atom stereocenters. The quantitative estimate of drug-likeness (QED) is 0.142. The Balaban J connectivity index is 1.08. The van der Waals surface area contributed by atoms with Crippen LogP contribution in [0.3, 0.4) is 0 Å². The minimum absolute atomic E-state index is 0.213. The van der Waals surface area contributed by atoms with Gasteiger partial charge in [-0.2, -0.15) is 0 Å². The molecule has 378 valence electrons. The van der Waals surface area contributed by atoms with E-state index in [1.165, 1.54) is 38.3 Å². The van der Waals surface area contributed by atoms with Gasteiger partial charge in [0.05, 0.1) is 28.1 Å². The Morgan fingerprint density at radius 2 is 0.787 bits per heavy atom. The molecule has 7 heteroatoms. The number of nitrogens with zero attached hydrogens (tertiary/aromatic N) is 6. The van der Waals surface area contributed by atoms with Crippen LogP contribution in [0.25, 0.3) is 83.9 Å². The first-order valence-corrected chi connectivity index (χ1v) is 27.6. The van der Waals surface area contributed by atoms with E-state index in [1.807, 2.05) is 36.4 Å². The molecule has 0 amide bonds. The van der Waals surface area contributed by atoms with Gasteiger partial charge >= 0.3 is 0 Å². The Bertz CT molecular complexity index is 4420. The lowest BCUT2D eigenvalue weighted by Crippen LogP contribution is -2.61. The lowest BCUT2D eigenvalue weighted by molar-refractivity contribution is 0.590. The summed E-state index contributed by atoms with van der Waals surface area (Å²) in [4.78, 5) is 21.3. The van der Waals surface area contributed by atoms with Crippen LogP contribution in [0.15, 0.2) is 267 Å². The van der Waals surface area contributed by atoms with Gasteiger partial charge in [0.25, 0.3) is 6.71 Å². The van der Waals surface area contributed by atoms with Crippen LogP contribution in [0.1, 0.15) is 26.3 Å². The van der Waals surface area contributed by atoms with Crippen LogP contribution >= 0.6 is 0 Å². The summed E-state index contributed by atoms with van der Waals surface area (Å²) in [6.07, 6.45) is 0. The number of hydrogen-bond acceptors (Lipinski definition) is 5. The lowest BCUT2D eigenvalue weighted by atomic mass is 9.33. The van der Waals surface area contributed by atoms with Gasteiger partial charge in [0.1, 0.15) is 0 Å². The summed E-state index contributed by atoms with van der Waals surface area (Å²) in [5.41, 5.74) is 21.9. The SMILES string of the molecule is CC(C)(C)c1cc2c3c(c1)N(c1ccccc1-c1ccccc1)c1c(cccc1-c1nc(-c4ccccc4)nc(-c4ccccc4)n1)B3c1ccc(-n3c4ccccc4c4ccccc43)cc1N2c1ccccc1-c1ccccc1. The predicted molar refractivity (Wildman–Crippen MR) is 334 cm³/mol. The molecule has 6 nitrogen and oxygen atoms in total. The summed E-state index contributed by atoms with van der Waals surface area (Å²) in [6.45, 7) is 6.80. The van der Waals surface area contributed by atoms with Crippen molar-refractivity contribution in [2.75, 3.05) is 9.80 Å². The van der Waals surface area contributed by atoms with Crippen molar-refractivity contribution >= 4 is 79.0 Å². The number of rotatable bonds is 8. The fourth-order valence-electron chi connectivity index (χ4n) is 12.5. The van der Waals surface area contributed by atoms with E-state index in [0.29, 0.717) is 17.5 Å². The van der Waals surface area contributed by atoms with Crippen molar-refractivity contribution in [2.24, 2.45) is 0 Å². The fourth-order valence-corrected chi connectivity index (χ4v) is 12.5. The van der Waals surface area contributed by atoms with Gasteiger partial charge in [-0.15, -0.1) is 0 Å². The Hall–Kier alpha value is -10.1. The van der Waals surface area contributed by atoms with Gasteiger partial charge in [0.15, 0.2) is 17.5 Å². The Morgan fingerprint density at radius 1 is 0.338 bits per heavy atom. The van der Waals surface area contributed by atoms with Gasteiger partial charge in [-0.3, -0.25) is 0 Å². The molecule has 4 heterocycles. The summed E-state index contributed by atoms with van der Waals surface area (Å²) in [5, 5.41) is 2.45. The molecule has 0 aliphatic carbocycles. The zero-order chi connectivity index (χ0) is 53.5. The minimum Gasteiger partial charge on any atom is -0.311 e. The van der Waals surface area contributed by atoms with E-state index in [1.54, 1.807) is 0 Å². The molecular weight excluding hydrogens is 972 g/mol. The second-order valence-corrected chi connectivity index (χ2v) is 21.9. The summed E-state index contributed by atoms with van der Waals surface area (Å²) < 4.78 is 2.45. The summed E-state index contributed by atoms with van der Waals surface area (Å²) in [7, 11) is 0. The standard InChI is InChI=1S/C73H53BN6/c1-73(2,3)52-45-66-68-67(46-52)80(62-40-21-17-34-55(62)49-27-10-5-11-28-49)69-58(72-76-70(50-29-12-6-13-30-50)75-71(77-72)51-31-14-7-15-32-51)37-24-38-60(69)74(68)59-44-43-53(78-63-41-22-18-35-56(63)57-36-19-23-42-64(57)78)47-65(59)79(66)61-39-20-16-33-54(61)48-25-8-4-9-26-48/h4-47H,1-3H3. The second-order valence-electron chi connectivity index (χ2n) is 21.9. The van der Waals surface area contributed by atoms with Crippen LogP contribution in [0.5, 0.6) is 0 Å². The van der Waals surface area contributed by atoms with E-state index in [9.17, 15) is 0 Å². The van der Waals surface area contributed by atoms with Gasteiger partial charge < -0.3 is 14.4 Å². The van der Waals surface area contributed by atoms with Crippen LogP contribution in [-0.4, -0.2) is 26.2 Å². The zero-order valence-electron chi connectivity index (χ0n) is 44.7. The molecular formula is C73H53BN6. The van der Waals surface area contributed by atoms with Crippen molar-refractivity contribution in [1.29, 1.82) is 0 Å². The van der Waals surface area contributed by atoms with E-state index in [-0.39, 0.29) is 12.1 Å². The zero-order valence-corrected chi connectivity index (χ0v) is 44.7. The molecule has 80 heavy (non-hydrogen) atoms. The monoisotopic (exact) mass is 1020 g/mol. The lowest BCUT2D eigenvalue weighted by Gasteiger charge is -2.46. The number of para-hydroxylation sites is 5. The second kappa shape index (κ2) is 18.8. The Kier molecular flexibility index (Phi) is 11.1. The van der Waals surface area contributed by atoms with Crippen molar-refractivity contribution in [3.05, 3.63) is 272 Å². The first-order chi connectivity index (χ1) is 39.4. The minimum atomic E-state index is -0.259. The highest BCUT2D eigenvalue weighted by atomic mass is 15.2. The normalized spacial score (nSPS) is 12.6. The maximum absolute atomic E-state index is 5.48. The molecule has 0 saturated heterocycles. The van der Waals surface area contributed by atoms with Gasteiger partial charge in [-0.05, 0) is 93.1 Å². The largest absolute Gasteiger partial charge is 0.311 e. The van der Waals surface area contributed by atoms with Gasteiger partial charge in [0, 0.05) is 61.3 Å². The van der Waals surface area contributed by atoms with Crippen LogP contribution in [0.4, 0.5) is 34.1 Å². The summed E-state index contributed by atoms with van der Waals surface area (Å²) >= 11 is 0. The number of benzene rings is 11. The van der Waals surface area contributed by atoms with Crippen molar-refractivity contribution in [1.82, 2.24) is 19.5 Å². The first kappa shape index (κ1) is 47.1. The highest BCUT2D eigenvalue weighted by molar-refractivity contribution is 7.00. The molecule has 0 radical (unpaired) electrons. The van der Waals surface area contributed by atoms with Crippen molar-refractivity contribution in [3.63, 3.8) is 0 Å². The Labute approximate surface area is 466 Å².